The van der Waals surface area contributed by atoms with Gasteiger partial charge in [0, 0.05) is 47.8 Å². The summed E-state index contributed by atoms with van der Waals surface area (Å²) in [5.41, 5.74) is 2.47. The number of rotatable bonds is 3. The van der Waals surface area contributed by atoms with Crippen molar-refractivity contribution in [2.75, 3.05) is 0 Å². The van der Waals surface area contributed by atoms with E-state index in [1.165, 1.54) is 0 Å². The maximum absolute atomic E-state index is 13.2. The Balaban J connectivity index is 1.43. The molecule has 3 unspecified atom stereocenters. The summed E-state index contributed by atoms with van der Waals surface area (Å²) in [5.74, 6) is -0.142. The summed E-state index contributed by atoms with van der Waals surface area (Å²) in [7, 11) is 1.79. The fourth-order valence-electron chi connectivity index (χ4n) is 5.56. The van der Waals surface area contributed by atoms with Crippen LogP contribution in [-0.2, 0) is 11.8 Å². The zero-order chi connectivity index (χ0) is 24.4. The Kier molecular flexibility index (Phi) is 7.01. The van der Waals surface area contributed by atoms with Gasteiger partial charge in [0.25, 0.3) is 5.56 Å². The van der Waals surface area contributed by atoms with Gasteiger partial charge in [0.15, 0.2) is 0 Å². The van der Waals surface area contributed by atoms with E-state index in [1.807, 2.05) is 19.1 Å². The van der Waals surface area contributed by atoms with Crippen molar-refractivity contribution in [3.05, 3.63) is 39.9 Å². The Morgan fingerprint density at radius 2 is 1.88 bits per heavy atom. The maximum atomic E-state index is 13.2. The van der Waals surface area contributed by atoms with Crippen LogP contribution in [0.4, 0.5) is 4.79 Å². The van der Waals surface area contributed by atoms with Crippen LogP contribution in [0.5, 0.6) is 0 Å². The van der Waals surface area contributed by atoms with Crippen LogP contribution in [0, 0.1) is 36.0 Å². The lowest BCUT2D eigenvalue weighted by Crippen LogP contribution is -2.48. The van der Waals surface area contributed by atoms with Gasteiger partial charge in [-0.2, -0.15) is 5.26 Å². The fourth-order valence-corrected chi connectivity index (χ4v) is 5.56. The minimum Gasteiger partial charge on any atom is -0.335 e. The van der Waals surface area contributed by atoms with Crippen LogP contribution in [0.15, 0.2) is 23.1 Å². The van der Waals surface area contributed by atoms with Gasteiger partial charge < -0.3 is 9.88 Å². The zero-order valence-electron chi connectivity index (χ0n) is 20.1. The quantitative estimate of drug-likeness (QED) is 0.720. The molecule has 0 aliphatic heterocycles. The van der Waals surface area contributed by atoms with Crippen molar-refractivity contribution in [3.63, 3.8) is 0 Å². The Bertz CT molecular complexity index is 1190. The average Bonchev–Trinajstić information content (AvgIpc) is 2.83. The van der Waals surface area contributed by atoms with Crippen LogP contribution < -0.4 is 16.2 Å². The highest BCUT2D eigenvalue weighted by Crippen LogP contribution is 2.37. The van der Waals surface area contributed by atoms with E-state index in [2.05, 4.69) is 28.6 Å². The summed E-state index contributed by atoms with van der Waals surface area (Å²) in [6.45, 7) is 4.06. The van der Waals surface area contributed by atoms with E-state index >= 15 is 0 Å². The summed E-state index contributed by atoms with van der Waals surface area (Å²) in [4.78, 5) is 42.7. The normalized spacial score (nSPS) is 27.1. The molecular weight excluding hydrogens is 430 g/mol. The van der Waals surface area contributed by atoms with Crippen LogP contribution in [0.2, 0.25) is 0 Å². The smallest absolute Gasteiger partial charge is 0.321 e. The Hall–Kier alpha value is -3.21. The summed E-state index contributed by atoms with van der Waals surface area (Å²) < 4.78 is 1.69. The number of pyridine rings is 2. The molecule has 0 radical (unpaired) electrons. The second-order valence-electron chi connectivity index (χ2n) is 10.1. The number of hydrogen-bond acceptors (Lipinski definition) is 5. The van der Waals surface area contributed by atoms with E-state index in [1.54, 1.807) is 17.8 Å². The third-order valence-electron chi connectivity index (χ3n) is 7.72. The molecule has 8 heteroatoms. The van der Waals surface area contributed by atoms with Gasteiger partial charge in [0.2, 0.25) is 5.91 Å². The highest BCUT2D eigenvalue weighted by Gasteiger charge is 2.33. The number of hydrogen-bond donors (Lipinski definition) is 2. The number of amides is 3. The van der Waals surface area contributed by atoms with Gasteiger partial charge >= 0.3 is 6.03 Å². The van der Waals surface area contributed by atoms with Crippen LogP contribution in [-0.4, -0.2) is 27.5 Å². The molecule has 0 spiro atoms. The number of carbonyl (C=O) groups excluding carboxylic acids is 2. The van der Waals surface area contributed by atoms with Crippen LogP contribution in [0.25, 0.3) is 10.9 Å². The molecule has 4 rings (SSSR count). The van der Waals surface area contributed by atoms with Gasteiger partial charge in [-0.3, -0.25) is 19.9 Å². The second-order valence-corrected chi connectivity index (χ2v) is 10.1. The average molecular weight is 464 g/mol. The van der Waals surface area contributed by atoms with E-state index in [4.69, 9.17) is 5.26 Å². The molecule has 8 nitrogen and oxygen atoms in total. The molecule has 34 heavy (non-hydrogen) atoms. The standard InChI is InChI=1S/C26H33N5O3/c1-15-4-9-20(29-26(34)30-24(32)18-7-5-17(13-27)6-8-18)12-21(15)22-11-19-14-28-16(2)10-23(19)31(3)25(22)33/h10-11,14-15,17-18,20-21H,4-9,12H2,1-3H3,(H2,29,30,32,34). The van der Waals surface area contributed by atoms with E-state index in [9.17, 15) is 14.4 Å². The van der Waals surface area contributed by atoms with E-state index < -0.39 is 6.03 Å². The van der Waals surface area contributed by atoms with Crippen molar-refractivity contribution in [1.29, 1.82) is 5.26 Å². The first-order valence-corrected chi connectivity index (χ1v) is 12.2. The first-order chi connectivity index (χ1) is 16.3. The van der Waals surface area contributed by atoms with Gasteiger partial charge in [-0.1, -0.05) is 6.92 Å². The molecule has 0 saturated heterocycles. The number of urea groups is 1. The van der Waals surface area contributed by atoms with E-state index in [0.717, 1.165) is 35.0 Å². The molecular formula is C26H33N5O3. The zero-order valence-corrected chi connectivity index (χ0v) is 20.1. The molecule has 2 N–H and O–H groups in total. The monoisotopic (exact) mass is 463 g/mol. The van der Waals surface area contributed by atoms with Gasteiger partial charge in [-0.25, -0.2) is 4.79 Å². The third kappa shape index (κ3) is 4.98. The molecule has 0 aromatic carbocycles. The van der Waals surface area contributed by atoms with Crippen LogP contribution in [0.1, 0.15) is 69.0 Å². The predicted octanol–water partition coefficient (Wildman–Crippen LogP) is 3.67. The van der Waals surface area contributed by atoms with Crippen molar-refractivity contribution in [3.8, 4) is 6.07 Å². The molecule has 2 saturated carbocycles. The summed E-state index contributed by atoms with van der Waals surface area (Å²) in [6.07, 6.45) is 6.83. The molecule has 2 aromatic heterocycles. The maximum Gasteiger partial charge on any atom is 0.321 e. The van der Waals surface area contributed by atoms with E-state index in [0.29, 0.717) is 38.0 Å². The molecule has 0 bridgehead atoms. The third-order valence-corrected chi connectivity index (χ3v) is 7.72. The van der Waals surface area contributed by atoms with Crippen LogP contribution in [0.3, 0.4) is 0 Å². The molecule has 2 aromatic rings. The predicted molar refractivity (Wildman–Crippen MR) is 129 cm³/mol. The number of nitrogens with zero attached hydrogens (tertiary/aromatic N) is 3. The minimum atomic E-state index is -0.475. The highest BCUT2D eigenvalue weighted by molar-refractivity contribution is 5.95. The Morgan fingerprint density at radius 3 is 2.59 bits per heavy atom. The van der Waals surface area contributed by atoms with Crippen molar-refractivity contribution >= 4 is 22.8 Å². The number of imide groups is 1. The first-order valence-electron chi connectivity index (χ1n) is 12.2. The van der Waals surface area contributed by atoms with Crippen LogP contribution >= 0.6 is 0 Å². The Morgan fingerprint density at radius 1 is 1.15 bits per heavy atom. The lowest BCUT2D eigenvalue weighted by molar-refractivity contribution is -0.124. The molecule has 2 aliphatic carbocycles. The number of nitrogens with one attached hydrogen (secondary N) is 2. The summed E-state index contributed by atoms with van der Waals surface area (Å²) in [6, 6.07) is 5.55. The molecule has 3 amide bonds. The Labute approximate surface area is 199 Å². The van der Waals surface area contributed by atoms with Gasteiger partial charge in [-0.05, 0) is 75.8 Å². The molecule has 2 heterocycles. The van der Waals surface area contributed by atoms with Crippen molar-refractivity contribution in [2.24, 2.45) is 24.8 Å². The lowest BCUT2D eigenvalue weighted by atomic mass is 9.74. The van der Waals surface area contributed by atoms with Crippen molar-refractivity contribution < 1.29 is 9.59 Å². The summed E-state index contributed by atoms with van der Waals surface area (Å²) >= 11 is 0. The second kappa shape index (κ2) is 9.96. The van der Waals surface area contributed by atoms with Gasteiger partial charge in [-0.15, -0.1) is 0 Å². The SMILES string of the molecule is Cc1cc2c(cn1)cc(C1CC(NC(=O)NC(=O)C3CCC(C#N)CC3)CCC1C)c(=O)n2C. The lowest BCUT2D eigenvalue weighted by Gasteiger charge is -2.35. The number of carbonyl (C=O) groups is 2. The fraction of sp³-hybridized carbons (Fsp3) is 0.577. The number of aryl methyl sites for hydroxylation is 2. The molecule has 2 fully saturated rings. The van der Waals surface area contributed by atoms with Gasteiger partial charge in [0.1, 0.15) is 0 Å². The highest BCUT2D eigenvalue weighted by atomic mass is 16.2. The topological polar surface area (TPSA) is 117 Å². The molecule has 2 aliphatic rings. The number of fused-ring (bicyclic) bond motifs is 1. The van der Waals surface area contributed by atoms with Crippen molar-refractivity contribution in [2.45, 2.75) is 70.8 Å². The summed E-state index contributed by atoms with van der Waals surface area (Å²) in [5, 5.41) is 15.4. The molecule has 180 valence electrons. The van der Waals surface area contributed by atoms with Gasteiger partial charge in [0.05, 0.1) is 11.6 Å². The number of aromatic nitrogens is 2. The largest absolute Gasteiger partial charge is 0.335 e. The molecule has 3 atom stereocenters. The number of nitriles is 1. The van der Waals surface area contributed by atoms with Crippen molar-refractivity contribution in [1.82, 2.24) is 20.2 Å². The van der Waals surface area contributed by atoms with E-state index in [-0.39, 0.29) is 35.3 Å². The minimum absolute atomic E-state index is 0.0109. The first kappa shape index (κ1) is 23.9.